The highest BCUT2D eigenvalue weighted by Gasteiger charge is 2.23. The molecule has 0 fully saturated rings. The largest absolute Gasteiger partial charge is 0.241 e. The summed E-state index contributed by atoms with van der Waals surface area (Å²) in [6, 6.07) is 23.0. The van der Waals surface area contributed by atoms with E-state index in [1.54, 1.807) is 23.9 Å². The Morgan fingerprint density at radius 1 is 0.840 bits per heavy atom. The van der Waals surface area contributed by atoms with E-state index in [9.17, 15) is 4.39 Å². The minimum Gasteiger partial charge on any atom is -0.241 e. The second-order valence-electron chi connectivity index (χ2n) is 5.96. The first-order valence-electron chi connectivity index (χ1n) is 8.09. The van der Waals surface area contributed by atoms with Crippen LogP contribution in [0.2, 0.25) is 0 Å². The fraction of sp³-hybridized carbons (Fsp3) is 0.0455. The second-order valence-corrected chi connectivity index (χ2v) is 6.99. The van der Waals surface area contributed by atoms with Gasteiger partial charge >= 0.3 is 0 Å². The summed E-state index contributed by atoms with van der Waals surface area (Å²) < 4.78 is 13.1. The van der Waals surface area contributed by atoms with Crippen molar-refractivity contribution in [3.63, 3.8) is 0 Å². The number of benzene rings is 3. The SMILES string of the molecule is Cc1ccc(N=C2S/C(=C\c3ccc(F)cc3)c3ccccc32)cc1. The normalized spacial score (nSPS) is 16.4. The van der Waals surface area contributed by atoms with Crippen molar-refractivity contribution in [2.75, 3.05) is 0 Å². The van der Waals surface area contributed by atoms with Crippen molar-refractivity contribution in [2.24, 2.45) is 4.99 Å². The number of aliphatic imine (C=N–C) groups is 1. The maximum Gasteiger partial charge on any atom is 0.123 e. The van der Waals surface area contributed by atoms with Crippen LogP contribution in [0.4, 0.5) is 10.1 Å². The van der Waals surface area contributed by atoms with E-state index in [0.29, 0.717) is 0 Å². The van der Waals surface area contributed by atoms with E-state index >= 15 is 0 Å². The average molecular weight is 345 g/mol. The molecule has 1 aliphatic heterocycles. The molecule has 3 heteroatoms. The first-order valence-corrected chi connectivity index (χ1v) is 8.91. The molecule has 3 aromatic carbocycles. The number of thioether (sulfide) groups is 1. The Hall–Kier alpha value is -2.65. The third kappa shape index (κ3) is 3.42. The van der Waals surface area contributed by atoms with Crippen LogP contribution in [0.3, 0.4) is 0 Å². The topological polar surface area (TPSA) is 12.4 Å². The maximum atomic E-state index is 13.1. The lowest BCUT2D eigenvalue weighted by Crippen LogP contribution is -1.89. The van der Waals surface area contributed by atoms with Crippen molar-refractivity contribution in [1.29, 1.82) is 0 Å². The lowest BCUT2D eigenvalue weighted by atomic mass is 10.1. The molecule has 3 aromatic rings. The Labute approximate surface area is 150 Å². The zero-order chi connectivity index (χ0) is 17.2. The van der Waals surface area contributed by atoms with Crippen molar-refractivity contribution in [2.45, 2.75) is 6.92 Å². The van der Waals surface area contributed by atoms with Gasteiger partial charge in [0, 0.05) is 10.5 Å². The molecule has 0 aromatic heterocycles. The standard InChI is InChI=1S/C22H16FNS/c1-15-6-12-18(13-7-15)24-22-20-5-3-2-4-19(20)21(25-22)14-16-8-10-17(23)11-9-16/h2-14H,1H3/b21-14-,24-22?. The minimum atomic E-state index is -0.219. The van der Waals surface area contributed by atoms with E-state index in [1.807, 2.05) is 24.3 Å². The molecule has 0 amide bonds. The Morgan fingerprint density at radius 3 is 2.24 bits per heavy atom. The Morgan fingerprint density at radius 2 is 1.52 bits per heavy atom. The molecule has 0 saturated heterocycles. The van der Waals surface area contributed by atoms with Crippen LogP contribution in [0.25, 0.3) is 11.0 Å². The van der Waals surface area contributed by atoms with Crippen LogP contribution in [0.15, 0.2) is 77.8 Å². The highest BCUT2D eigenvalue weighted by atomic mass is 32.2. The summed E-state index contributed by atoms with van der Waals surface area (Å²) in [4.78, 5) is 5.96. The molecule has 0 aliphatic carbocycles. The number of rotatable bonds is 2. The molecule has 1 aliphatic rings. The number of aryl methyl sites for hydroxylation is 1. The van der Waals surface area contributed by atoms with Gasteiger partial charge in [0.05, 0.1) is 5.69 Å². The Balaban J connectivity index is 1.75. The number of hydrogen-bond acceptors (Lipinski definition) is 2. The van der Waals surface area contributed by atoms with Crippen LogP contribution in [-0.4, -0.2) is 5.04 Å². The summed E-state index contributed by atoms with van der Waals surface area (Å²) >= 11 is 1.65. The van der Waals surface area contributed by atoms with Gasteiger partial charge in [-0.3, -0.25) is 0 Å². The monoisotopic (exact) mass is 345 g/mol. The van der Waals surface area contributed by atoms with E-state index in [1.165, 1.54) is 23.3 Å². The van der Waals surface area contributed by atoms with Gasteiger partial charge in [0.15, 0.2) is 0 Å². The summed E-state index contributed by atoms with van der Waals surface area (Å²) in [7, 11) is 0. The van der Waals surface area contributed by atoms with Crippen LogP contribution < -0.4 is 0 Å². The highest BCUT2D eigenvalue weighted by Crippen LogP contribution is 2.43. The lowest BCUT2D eigenvalue weighted by Gasteiger charge is -1.99. The zero-order valence-electron chi connectivity index (χ0n) is 13.7. The molecule has 4 rings (SSSR count). The van der Waals surface area contributed by atoms with Crippen molar-refractivity contribution in [3.8, 4) is 0 Å². The number of halogens is 1. The summed E-state index contributed by atoms with van der Waals surface area (Å²) in [6.07, 6.45) is 2.08. The van der Waals surface area contributed by atoms with Gasteiger partial charge < -0.3 is 0 Å². The fourth-order valence-electron chi connectivity index (χ4n) is 2.74. The molecule has 1 heterocycles. The summed E-state index contributed by atoms with van der Waals surface area (Å²) in [6.45, 7) is 2.07. The van der Waals surface area contributed by atoms with Gasteiger partial charge in [-0.2, -0.15) is 0 Å². The molecule has 0 unspecified atom stereocenters. The van der Waals surface area contributed by atoms with Crippen LogP contribution in [0, 0.1) is 12.7 Å². The second kappa shape index (κ2) is 6.69. The molecular weight excluding hydrogens is 329 g/mol. The van der Waals surface area contributed by atoms with Crippen molar-refractivity contribution < 1.29 is 4.39 Å². The van der Waals surface area contributed by atoms with Gasteiger partial charge in [-0.1, -0.05) is 65.9 Å². The molecule has 0 bridgehead atoms. The van der Waals surface area contributed by atoms with Crippen molar-refractivity contribution >= 4 is 33.5 Å². The quantitative estimate of drug-likeness (QED) is 0.519. The smallest absolute Gasteiger partial charge is 0.123 e. The summed E-state index contributed by atoms with van der Waals surface area (Å²) in [5.74, 6) is -0.219. The van der Waals surface area contributed by atoms with Crippen LogP contribution in [0.1, 0.15) is 22.3 Å². The molecule has 0 atom stereocenters. The Kier molecular flexibility index (Phi) is 4.24. The van der Waals surface area contributed by atoms with Crippen LogP contribution in [0.5, 0.6) is 0 Å². The molecular formula is C22H16FNS. The van der Waals surface area contributed by atoms with Gasteiger partial charge in [-0.15, -0.1) is 0 Å². The summed E-state index contributed by atoms with van der Waals surface area (Å²) in [5.41, 5.74) is 5.46. The molecule has 0 N–H and O–H groups in total. The van der Waals surface area contributed by atoms with E-state index in [2.05, 4.69) is 37.3 Å². The molecule has 25 heavy (non-hydrogen) atoms. The maximum absolute atomic E-state index is 13.1. The van der Waals surface area contributed by atoms with Crippen molar-refractivity contribution in [1.82, 2.24) is 0 Å². The number of hydrogen-bond donors (Lipinski definition) is 0. The molecule has 0 saturated carbocycles. The van der Waals surface area contributed by atoms with Crippen LogP contribution >= 0.6 is 11.8 Å². The fourth-order valence-corrected chi connectivity index (χ4v) is 3.87. The number of nitrogens with zero attached hydrogens (tertiary/aromatic N) is 1. The van der Waals surface area contributed by atoms with E-state index in [0.717, 1.165) is 26.8 Å². The Bertz CT molecular complexity index is 889. The zero-order valence-corrected chi connectivity index (χ0v) is 14.6. The van der Waals surface area contributed by atoms with E-state index in [4.69, 9.17) is 4.99 Å². The molecule has 1 nitrogen and oxygen atoms in total. The first kappa shape index (κ1) is 15.9. The van der Waals surface area contributed by atoms with Crippen molar-refractivity contribution in [3.05, 3.63) is 101 Å². The minimum absolute atomic E-state index is 0.219. The van der Waals surface area contributed by atoms with Gasteiger partial charge in [0.1, 0.15) is 10.9 Å². The number of fused-ring (bicyclic) bond motifs is 1. The molecule has 0 spiro atoms. The van der Waals surface area contributed by atoms with Gasteiger partial charge in [-0.05, 0) is 48.4 Å². The third-order valence-corrected chi connectivity index (χ3v) is 5.12. The molecule has 122 valence electrons. The van der Waals surface area contributed by atoms with E-state index in [-0.39, 0.29) is 5.82 Å². The third-order valence-electron chi connectivity index (χ3n) is 4.06. The van der Waals surface area contributed by atoms with Gasteiger partial charge in [0.25, 0.3) is 0 Å². The van der Waals surface area contributed by atoms with Crippen LogP contribution in [-0.2, 0) is 0 Å². The van der Waals surface area contributed by atoms with Gasteiger partial charge in [0.2, 0.25) is 0 Å². The summed E-state index contributed by atoms with van der Waals surface area (Å²) in [5, 5.41) is 0.993. The van der Waals surface area contributed by atoms with Gasteiger partial charge in [-0.25, -0.2) is 9.38 Å². The first-order chi connectivity index (χ1) is 12.2. The van der Waals surface area contributed by atoms with E-state index < -0.39 is 0 Å². The predicted octanol–water partition coefficient (Wildman–Crippen LogP) is 6.46. The average Bonchev–Trinajstić information content (AvgIpc) is 2.97. The lowest BCUT2D eigenvalue weighted by molar-refractivity contribution is 0.628. The highest BCUT2D eigenvalue weighted by molar-refractivity contribution is 8.23. The molecule has 0 radical (unpaired) electrons. The predicted molar refractivity (Wildman–Crippen MR) is 106 cm³/mol.